The van der Waals surface area contributed by atoms with Crippen LogP contribution >= 0.6 is 23.2 Å². The van der Waals surface area contributed by atoms with Crippen molar-refractivity contribution in [1.29, 1.82) is 0 Å². The lowest BCUT2D eigenvalue weighted by molar-refractivity contribution is 0.0639. The molecule has 1 unspecified atom stereocenters. The molecular weight excluding hydrogens is 415 g/mol. The second kappa shape index (κ2) is 9.82. The Morgan fingerprint density at radius 2 is 1.73 bits per heavy atom. The van der Waals surface area contributed by atoms with E-state index in [2.05, 4.69) is 59.3 Å². The number of ether oxygens (including phenoxy) is 1. The molecule has 5 heteroatoms. The van der Waals surface area contributed by atoms with Gasteiger partial charge in [-0.3, -0.25) is 4.90 Å². The molecule has 1 aliphatic heterocycles. The quantitative estimate of drug-likeness (QED) is 0.439. The molecule has 0 amide bonds. The van der Waals surface area contributed by atoms with Gasteiger partial charge in [0.25, 0.3) is 0 Å². The molecule has 3 aromatic rings. The Labute approximate surface area is 188 Å². The lowest BCUT2D eigenvalue weighted by atomic mass is 9.77. The highest BCUT2D eigenvalue weighted by Crippen LogP contribution is 2.37. The monoisotopic (exact) mass is 440 g/mol. The Morgan fingerprint density at radius 1 is 1.00 bits per heavy atom. The van der Waals surface area contributed by atoms with Crippen LogP contribution in [0.4, 0.5) is 0 Å². The van der Waals surface area contributed by atoms with Crippen molar-refractivity contribution in [3.63, 3.8) is 0 Å². The van der Waals surface area contributed by atoms with Crippen LogP contribution < -0.4 is 4.74 Å². The number of hydrogen-bond donors (Lipinski definition) is 0. The number of pyridine rings is 1. The fraction of sp³-hybridized carbons (Fsp3) is 0.320. The summed E-state index contributed by atoms with van der Waals surface area (Å²) in [5.41, 5.74) is 2.65. The molecule has 30 heavy (non-hydrogen) atoms. The minimum Gasteiger partial charge on any atom is -0.474 e. The van der Waals surface area contributed by atoms with Crippen LogP contribution in [-0.4, -0.2) is 29.1 Å². The molecule has 0 N–H and O–H groups in total. The van der Waals surface area contributed by atoms with Gasteiger partial charge in [0.2, 0.25) is 5.88 Å². The molecule has 1 fully saturated rings. The van der Waals surface area contributed by atoms with Crippen molar-refractivity contribution in [3.8, 4) is 5.88 Å². The highest BCUT2D eigenvalue weighted by molar-refractivity contribution is 6.30. The SMILES string of the molecule is C[C@H](Oc1ccc(Cl)cn1)C1CCN(Cc2ccccc2)C[C@@H]1c1ccc(Cl)cc1. The van der Waals surface area contributed by atoms with Crippen molar-refractivity contribution in [2.24, 2.45) is 5.92 Å². The first-order valence-corrected chi connectivity index (χ1v) is 11.1. The minimum absolute atomic E-state index is 0.0400. The Hall–Kier alpha value is -2.07. The third-order valence-electron chi connectivity index (χ3n) is 5.91. The van der Waals surface area contributed by atoms with Crippen LogP contribution in [0.25, 0.3) is 0 Å². The Kier molecular flexibility index (Phi) is 6.93. The van der Waals surface area contributed by atoms with Crippen LogP contribution in [0.2, 0.25) is 10.0 Å². The second-order valence-corrected chi connectivity index (χ2v) is 8.84. The third kappa shape index (κ3) is 5.34. The van der Waals surface area contributed by atoms with Gasteiger partial charge in [-0.15, -0.1) is 0 Å². The summed E-state index contributed by atoms with van der Waals surface area (Å²) in [4.78, 5) is 6.85. The van der Waals surface area contributed by atoms with Gasteiger partial charge in [-0.1, -0.05) is 65.7 Å². The molecule has 3 atom stereocenters. The summed E-state index contributed by atoms with van der Waals surface area (Å²) in [6.07, 6.45) is 2.73. The van der Waals surface area contributed by atoms with Gasteiger partial charge in [0.15, 0.2) is 0 Å². The lowest BCUT2D eigenvalue weighted by Crippen LogP contribution is -2.43. The standard InChI is InChI=1S/C25H26Cl2N2O/c1-18(30-25-12-11-22(27)15-28-25)23-13-14-29(16-19-5-3-2-4-6-19)17-24(23)20-7-9-21(26)10-8-20/h2-12,15,18,23-24H,13-14,16-17H2,1H3/t18-,23?,24+/m0/s1. The largest absolute Gasteiger partial charge is 0.474 e. The minimum atomic E-state index is 0.0400. The van der Waals surface area contributed by atoms with E-state index in [0.717, 1.165) is 31.1 Å². The van der Waals surface area contributed by atoms with Crippen LogP contribution in [-0.2, 0) is 6.54 Å². The summed E-state index contributed by atoms with van der Waals surface area (Å²) in [5.74, 6) is 1.37. The molecule has 0 saturated carbocycles. The van der Waals surface area contributed by atoms with Gasteiger partial charge < -0.3 is 4.74 Å². The van der Waals surface area contributed by atoms with Gasteiger partial charge in [-0.05, 0) is 49.2 Å². The van der Waals surface area contributed by atoms with Crippen molar-refractivity contribution >= 4 is 23.2 Å². The summed E-state index contributed by atoms with van der Waals surface area (Å²) in [6.45, 7) is 5.15. The average Bonchev–Trinajstić information content (AvgIpc) is 2.76. The number of halogens is 2. The molecule has 1 aromatic heterocycles. The molecule has 2 heterocycles. The van der Waals surface area contributed by atoms with E-state index in [1.807, 2.05) is 24.3 Å². The van der Waals surface area contributed by atoms with Crippen LogP contribution in [0.3, 0.4) is 0 Å². The van der Waals surface area contributed by atoms with E-state index in [0.29, 0.717) is 22.7 Å². The Balaban J connectivity index is 1.52. The van der Waals surface area contributed by atoms with Crippen molar-refractivity contribution in [3.05, 3.63) is 94.1 Å². The Morgan fingerprint density at radius 3 is 2.43 bits per heavy atom. The van der Waals surface area contributed by atoms with Gasteiger partial charge in [-0.2, -0.15) is 0 Å². The van der Waals surface area contributed by atoms with Crippen LogP contribution in [0, 0.1) is 5.92 Å². The summed E-state index contributed by atoms with van der Waals surface area (Å²) in [7, 11) is 0. The fourth-order valence-electron chi connectivity index (χ4n) is 4.36. The first-order valence-electron chi connectivity index (χ1n) is 10.4. The van der Waals surface area contributed by atoms with Crippen molar-refractivity contribution in [2.45, 2.75) is 31.9 Å². The van der Waals surface area contributed by atoms with Gasteiger partial charge in [-0.25, -0.2) is 4.98 Å². The van der Waals surface area contributed by atoms with E-state index in [-0.39, 0.29) is 6.10 Å². The molecular formula is C25H26Cl2N2O. The highest BCUT2D eigenvalue weighted by Gasteiger charge is 2.35. The number of rotatable bonds is 6. The van der Waals surface area contributed by atoms with E-state index in [9.17, 15) is 0 Å². The molecule has 156 valence electrons. The zero-order chi connectivity index (χ0) is 20.9. The van der Waals surface area contributed by atoms with E-state index in [1.165, 1.54) is 11.1 Å². The van der Waals surface area contributed by atoms with Crippen molar-refractivity contribution in [1.82, 2.24) is 9.88 Å². The zero-order valence-electron chi connectivity index (χ0n) is 17.0. The van der Waals surface area contributed by atoms with E-state index >= 15 is 0 Å². The molecule has 1 saturated heterocycles. The molecule has 4 rings (SSSR count). The first kappa shape index (κ1) is 21.2. The maximum absolute atomic E-state index is 6.22. The smallest absolute Gasteiger partial charge is 0.213 e. The van der Waals surface area contributed by atoms with Gasteiger partial charge >= 0.3 is 0 Å². The van der Waals surface area contributed by atoms with Crippen LogP contribution in [0.1, 0.15) is 30.4 Å². The zero-order valence-corrected chi connectivity index (χ0v) is 18.6. The molecule has 0 radical (unpaired) electrons. The van der Waals surface area contributed by atoms with Gasteiger partial charge in [0.1, 0.15) is 6.10 Å². The topological polar surface area (TPSA) is 25.4 Å². The van der Waals surface area contributed by atoms with Gasteiger partial charge in [0.05, 0.1) is 5.02 Å². The number of nitrogens with zero attached hydrogens (tertiary/aromatic N) is 2. The number of piperidine rings is 1. The molecule has 1 aliphatic rings. The maximum atomic E-state index is 6.22. The average molecular weight is 441 g/mol. The maximum Gasteiger partial charge on any atom is 0.213 e. The van der Waals surface area contributed by atoms with E-state index in [4.69, 9.17) is 27.9 Å². The summed E-state index contributed by atoms with van der Waals surface area (Å²) in [6, 6.07) is 22.6. The fourth-order valence-corrected chi connectivity index (χ4v) is 4.59. The summed E-state index contributed by atoms with van der Waals surface area (Å²) < 4.78 is 6.22. The van der Waals surface area contributed by atoms with Crippen molar-refractivity contribution < 1.29 is 4.74 Å². The van der Waals surface area contributed by atoms with E-state index in [1.54, 1.807) is 6.20 Å². The predicted molar refractivity (Wildman–Crippen MR) is 123 cm³/mol. The third-order valence-corrected chi connectivity index (χ3v) is 6.38. The van der Waals surface area contributed by atoms with Crippen LogP contribution in [0.5, 0.6) is 5.88 Å². The lowest BCUT2D eigenvalue weighted by Gasteiger charge is -2.41. The number of aromatic nitrogens is 1. The number of benzene rings is 2. The van der Waals surface area contributed by atoms with Crippen LogP contribution in [0.15, 0.2) is 72.9 Å². The van der Waals surface area contributed by atoms with Crippen molar-refractivity contribution in [2.75, 3.05) is 13.1 Å². The summed E-state index contributed by atoms with van der Waals surface area (Å²) >= 11 is 12.1. The number of likely N-dealkylation sites (tertiary alicyclic amines) is 1. The molecule has 0 bridgehead atoms. The summed E-state index contributed by atoms with van der Waals surface area (Å²) in [5, 5.41) is 1.38. The predicted octanol–water partition coefficient (Wildman–Crippen LogP) is 6.46. The second-order valence-electron chi connectivity index (χ2n) is 7.97. The number of hydrogen-bond acceptors (Lipinski definition) is 3. The molecule has 0 spiro atoms. The first-order chi connectivity index (χ1) is 14.6. The van der Waals surface area contributed by atoms with Gasteiger partial charge in [0, 0.05) is 42.2 Å². The highest BCUT2D eigenvalue weighted by atomic mass is 35.5. The molecule has 2 aromatic carbocycles. The Bertz CT molecular complexity index is 932. The molecule has 0 aliphatic carbocycles. The molecule has 3 nitrogen and oxygen atoms in total. The van der Waals surface area contributed by atoms with E-state index < -0.39 is 0 Å². The normalized spacial score (nSPS) is 20.6.